The Bertz CT molecular complexity index is 1110. The monoisotopic (exact) mass is 482 g/mol. The van der Waals surface area contributed by atoms with E-state index in [1.54, 1.807) is 17.3 Å². The molecule has 1 saturated heterocycles. The van der Waals surface area contributed by atoms with Gasteiger partial charge in [-0.3, -0.25) is 9.59 Å². The highest BCUT2D eigenvalue weighted by Gasteiger charge is 2.23. The van der Waals surface area contributed by atoms with E-state index in [0.717, 1.165) is 5.56 Å². The van der Waals surface area contributed by atoms with Gasteiger partial charge in [0.25, 0.3) is 5.91 Å². The van der Waals surface area contributed by atoms with E-state index in [9.17, 15) is 13.5 Å². The molecule has 0 bridgehead atoms. The summed E-state index contributed by atoms with van der Waals surface area (Å²) in [7, 11) is 0. The fourth-order valence-electron chi connectivity index (χ4n) is 3.41. The molecule has 176 valence electrons. The summed E-state index contributed by atoms with van der Waals surface area (Å²) in [5.74, 6) is 0.524. The minimum absolute atomic E-state index is 0.0402. The smallest absolute Gasteiger partial charge is 0.251 e. The molecule has 0 spiro atoms. The van der Waals surface area contributed by atoms with E-state index in [2.05, 4.69) is 20.3 Å². The van der Waals surface area contributed by atoms with Gasteiger partial charge in [-0.1, -0.05) is 30.3 Å². The third-order valence-corrected chi connectivity index (χ3v) is 5.64. The van der Waals surface area contributed by atoms with Crippen LogP contribution in [-0.2, 0) is 11.4 Å². The summed E-state index contributed by atoms with van der Waals surface area (Å²) >= 11 is -0.0402. The van der Waals surface area contributed by atoms with Crippen molar-refractivity contribution < 1.29 is 18.2 Å². The molecule has 1 N–H and O–H groups in total. The highest BCUT2D eigenvalue weighted by Crippen LogP contribution is 2.17. The molecule has 2 amide bonds. The number of carbonyl (C=O) groups is 2. The van der Waals surface area contributed by atoms with E-state index in [1.165, 1.54) is 18.3 Å². The standard InChI is InChI=1S/C23H23FN6O3S/c24-34-20-12-18(6-7-25-20)22(32)26-15-21(31)29-8-10-30(11-9-29)23-27-13-19(14-28-23)33-16-17-4-2-1-3-5-17/h1-7,12-14H,8-11,15-16H2,(H,26,32). The summed E-state index contributed by atoms with van der Waals surface area (Å²) in [4.78, 5) is 41.0. The van der Waals surface area contributed by atoms with Gasteiger partial charge in [-0.15, -0.1) is 0 Å². The molecule has 11 heteroatoms. The number of hydrogen-bond donors (Lipinski definition) is 1. The highest BCUT2D eigenvalue weighted by atomic mass is 32.2. The molecule has 0 radical (unpaired) electrons. The van der Waals surface area contributed by atoms with E-state index < -0.39 is 5.91 Å². The molecule has 0 aliphatic carbocycles. The van der Waals surface area contributed by atoms with Crippen molar-refractivity contribution in [3.05, 3.63) is 72.2 Å². The number of anilines is 1. The van der Waals surface area contributed by atoms with Crippen LogP contribution in [0.5, 0.6) is 5.75 Å². The number of pyridine rings is 1. The van der Waals surface area contributed by atoms with E-state index in [0.29, 0.717) is 44.5 Å². The van der Waals surface area contributed by atoms with Gasteiger partial charge in [0, 0.05) is 37.9 Å². The van der Waals surface area contributed by atoms with Gasteiger partial charge >= 0.3 is 0 Å². The molecule has 4 rings (SSSR count). The van der Waals surface area contributed by atoms with E-state index in [4.69, 9.17) is 4.74 Å². The lowest BCUT2D eigenvalue weighted by Crippen LogP contribution is -2.51. The van der Waals surface area contributed by atoms with Crippen LogP contribution >= 0.6 is 12.1 Å². The summed E-state index contributed by atoms with van der Waals surface area (Å²) in [6.07, 6.45) is 4.64. The van der Waals surface area contributed by atoms with Crippen molar-refractivity contribution in [1.29, 1.82) is 0 Å². The van der Waals surface area contributed by atoms with Crippen LogP contribution in [0.25, 0.3) is 0 Å². The Morgan fingerprint density at radius 3 is 2.47 bits per heavy atom. The quantitative estimate of drug-likeness (QED) is 0.523. The largest absolute Gasteiger partial charge is 0.486 e. The molecule has 1 aromatic carbocycles. The van der Waals surface area contributed by atoms with Crippen LogP contribution < -0.4 is 15.0 Å². The molecule has 2 aromatic heterocycles. The molecule has 1 aliphatic heterocycles. The lowest BCUT2D eigenvalue weighted by Gasteiger charge is -2.34. The predicted octanol–water partition coefficient (Wildman–Crippen LogP) is 2.51. The fourth-order valence-corrected chi connectivity index (χ4v) is 3.68. The molecule has 0 unspecified atom stereocenters. The molecule has 3 aromatic rings. The van der Waals surface area contributed by atoms with E-state index in [1.807, 2.05) is 35.2 Å². The maximum atomic E-state index is 12.6. The second kappa shape index (κ2) is 11.4. The number of piperazine rings is 1. The lowest BCUT2D eigenvalue weighted by atomic mass is 10.2. The fraction of sp³-hybridized carbons (Fsp3) is 0.261. The molecule has 1 fully saturated rings. The Hall–Kier alpha value is -3.73. The Balaban J connectivity index is 1.21. The molecule has 9 nitrogen and oxygen atoms in total. The Kier molecular flexibility index (Phi) is 7.87. The third kappa shape index (κ3) is 6.19. The van der Waals surface area contributed by atoms with Crippen LogP contribution in [0.15, 0.2) is 66.1 Å². The van der Waals surface area contributed by atoms with Gasteiger partial charge in [-0.05, 0) is 17.7 Å². The van der Waals surface area contributed by atoms with Gasteiger partial charge in [0.1, 0.15) is 23.8 Å². The number of carbonyl (C=O) groups excluding carboxylic acids is 2. The number of halogens is 1. The van der Waals surface area contributed by atoms with Crippen molar-refractivity contribution in [1.82, 2.24) is 25.2 Å². The summed E-state index contributed by atoms with van der Waals surface area (Å²) in [6.45, 7) is 2.43. The number of rotatable bonds is 8. The summed E-state index contributed by atoms with van der Waals surface area (Å²) in [5, 5.41) is 2.67. The van der Waals surface area contributed by atoms with Crippen molar-refractivity contribution in [3.8, 4) is 5.75 Å². The summed E-state index contributed by atoms with van der Waals surface area (Å²) in [5.41, 5.74) is 1.31. The van der Waals surface area contributed by atoms with Crippen LogP contribution in [0, 0.1) is 0 Å². The zero-order chi connectivity index (χ0) is 23.8. The normalized spacial score (nSPS) is 13.4. The topological polar surface area (TPSA) is 101 Å². The highest BCUT2D eigenvalue weighted by molar-refractivity contribution is 7.94. The van der Waals surface area contributed by atoms with Crippen LogP contribution in [-0.4, -0.2) is 64.4 Å². The summed E-state index contributed by atoms with van der Waals surface area (Å²) in [6, 6.07) is 12.7. The number of hydrogen-bond acceptors (Lipinski definition) is 8. The SMILES string of the molecule is O=C(NCC(=O)N1CCN(c2ncc(OCc3ccccc3)cn2)CC1)c1ccnc(SF)c1. The van der Waals surface area contributed by atoms with E-state index in [-0.39, 0.29) is 35.2 Å². The average molecular weight is 483 g/mol. The lowest BCUT2D eigenvalue weighted by molar-refractivity contribution is -0.130. The number of nitrogens with one attached hydrogen (secondary N) is 1. The molecule has 34 heavy (non-hydrogen) atoms. The first-order valence-electron chi connectivity index (χ1n) is 10.7. The molecular formula is C23H23FN6O3S. The van der Waals surface area contributed by atoms with Gasteiger partial charge in [-0.25, -0.2) is 15.0 Å². The molecular weight excluding hydrogens is 459 g/mol. The maximum Gasteiger partial charge on any atom is 0.251 e. The predicted molar refractivity (Wildman–Crippen MR) is 125 cm³/mol. The van der Waals surface area contributed by atoms with Crippen molar-refractivity contribution in [2.75, 3.05) is 37.6 Å². The molecule has 1 aliphatic rings. The Labute approximate surface area is 200 Å². The van der Waals surface area contributed by atoms with Crippen molar-refractivity contribution in [2.45, 2.75) is 11.6 Å². The zero-order valence-corrected chi connectivity index (χ0v) is 19.1. The van der Waals surface area contributed by atoms with Gasteiger partial charge in [-0.2, -0.15) is 3.89 Å². The Morgan fingerprint density at radius 2 is 1.76 bits per heavy atom. The first-order chi connectivity index (χ1) is 16.6. The molecule has 0 saturated carbocycles. The second-order valence-electron chi connectivity index (χ2n) is 7.50. The van der Waals surface area contributed by atoms with E-state index >= 15 is 0 Å². The molecule has 0 atom stereocenters. The number of aromatic nitrogens is 3. The second-order valence-corrected chi connectivity index (χ2v) is 8.08. The van der Waals surface area contributed by atoms with Crippen LogP contribution in [0.4, 0.5) is 9.83 Å². The number of amides is 2. The Morgan fingerprint density at radius 1 is 1.03 bits per heavy atom. The van der Waals surface area contributed by atoms with Crippen molar-refractivity contribution in [3.63, 3.8) is 0 Å². The van der Waals surface area contributed by atoms with Gasteiger partial charge in [0.2, 0.25) is 11.9 Å². The van der Waals surface area contributed by atoms with Gasteiger partial charge in [0.05, 0.1) is 18.9 Å². The van der Waals surface area contributed by atoms with Crippen LogP contribution in [0.2, 0.25) is 0 Å². The third-order valence-electron chi connectivity index (χ3n) is 5.25. The number of ether oxygens (including phenoxy) is 1. The van der Waals surface area contributed by atoms with Gasteiger partial charge < -0.3 is 19.9 Å². The molecule has 3 heterocycles. The van der Waals surface area contributed by atoms with Gasteiger partial charge in [0.15, 0.2) is 5.75 Å². The average Bonchev–Trinajstić information content (AvgIpc) is 2.91. The van der Waals surface area contributed by atoms with Crippen molar-refractivity contribution >= 4 is 29.9 Å². The minimum atomic E-state index is -0.451. The zero-order valence-electron chi connectivity index (χ0n) is 18.3. The number of nitrogens with zero attached hydrogens (tertiary/aromatic N) is 5. The van der Waals surface area contributed by atoms with Crippen LogP contribution in [0.3, 0.4) is 0 Å². The minimum Gasteiger partial charge on any atom is -0.486 e. The first-order valence-corrected chi connectivity index (χ1v) is 11.4. The summed E-state index contributed by atoms with van der Waals surface area (Å²) < 4.78 is 18.4. The van der Waals surface area contributed by atoms with Crippen LogP contribution in [0.1, 0.15) is 15.9 Å². The first kappa shape index (κ1) is 23.4. The maximum absolute atomic E-state index is 12.6. The number of benzene rings is 1. The van der Waals surface area contributed by atoms with Crippen molar-refractivity contribution in [2.24, 2.45) is 0 Å².